The molecule has 82 valence electrons. The van der Waals surface area contributed by atoms with Gasteiger partial charge in [-0.3, -0.25) is 0 Å². The molecule has 1 atom stereocenters. The van der Waals surface area contributed by atoms with Crippen molar-refractivity contribution in [2.45, 2.75) is 18.9 Å². The maximum Gasteiger partial charge on any atom is 0.109 e. The lowest BCUT2D eigenvalue weighted by Gasteiger charge is -2.23. The van der Waals surface area contributed by atoms with Crippen LogP contribution in [0.25, 0.3) is 0 Å². The Morgan fingerprint density at radius 1 is 1.47 bits per heavy atom. The van der Waals surface area contributed by atoms with Crippen molar-refractivity contribution < 1.29 is 4.39 Å². The van der Waals surface area contributed by atoms with Crippen LogP contribution in [0.15, 0.2) is 24.3 Å². The number of para-hydroxylation sites is 1. The Morgan fingerprint density at radius 2 is 2.20 bits per heavy atom. The molecule has 0 amide bonds. The van der Waals surface area contributed by atoms with Gasteiger partial charge >= 0.3 is 0 Å². The molecule has 1 unspecified atom stereocenters. The SMILES string of the molecule is Cc1ccccc1N1CCC(N)(CF)C1. The van der Waals surface area contributed by atoms with E-state index in [1.165, 1.54) is 11.3 Å². The molecular formula is C12H17FN2. The number of nitrogens with zero attached hydrogens (tertiary/aromatic N) is 1. The van der Waals surface area contributed by atoms with Crippen LogP contribution in [0.2, 0.25) is 0 Å². The highest BCUT2D eigenvalue weighted by Crippen LogP contribution is 2.27. The highest BCUT2D eigenvalue weighted by atomic mass is 19.1. The van der Waals surface area contributed by atoms with Gasteiger partial charge in [0.15, 0.2) is 0 Å². The molecule has 1 aliphatic heterocycles. The van der Waals surface area contributed by atoms with Crippen LogP contribution >= 0.6 is 0 Å². The number of rotatable bonds is 2. The summed E-state index contributed by atoms with van der Waals surface area (Å²) in [6.07, 6.45) is 0.734. The summed E-state index contributed by atoms with van der Waals surface area (Å²) in [4.78, 5) is 2.18. The molecule has 0 spiro atoms. The zero-order valence-corrected chi connectivity index (χ0v) is 9.04. The number of hydrogen-bond acceptors (Lipinski definition) is 2. The lowest BCUT2D eigenvalue weighted by molar-refractivity contribution is 0.330. The number of hydrogen-bond donors (Lipinski definition) is 1. The predicted octanol–water partition coefficient (Wildman–Crippen LogP) is 1.87. The van der Waals surface area contributed by atoms with Gasteiger partial charge in [-0.05, 0) is 25.0 Å². The Hall–Kier alpha value is -1.09. The monoisotopic (exact) mass is 208 g/mol. The van der Waals surface area contributed by atoms with Gasteiger partial charge in [0.05, 0.1) is 5.54 Å². The van der Waals surface area contributed by atoms with Gasteiger partial charge in [-0.2, -0.15) is 0 Å². The van der Waals surface area contributed by atoms with Crippen molar-refractivity contribution in [1.29, 1.82) is 0 Å². The summed E-state index contributed by atoms with van der Waals surface area (Å²) in [5, 5.41) is 0. The van der Waals surface area contributed by atoms with Crippen LogP contribution < -0.4 is 10.6 Å². The minimum atomic E-state index is -0.637. The van der Waals surface area contributed by atoms with Gasteiger partial charge in [0.2, 0.25) is 0 Å². The van der Waals surface area contributed by atoms with Crippen LogP contribution in [0.4, 0.5) is 10.1 Å². The maximum absolute atomic E-state index is 12.7. The van der Waals surface area contributed by atoms with Crippen LogP contribution in [0.3, 0.4) is 0 Å². The highest BCUT2D eigenvalue weighted by Gasteiger charge is 2.34. The van der Waals surface area contributed by atoms with E-state index in [2.05, 4.69) is 24.0 Å². The van der Waals surface area contributed by atoms with Crippen LogP contribution in [-0.2, 0) is 0 Å². The maximum atomic E-state index is 12.7. The molecule has 3 heteroatoms. The minimum Gasteiger partial charge on any atom is -0.369 e. The molecular weight excluding hydrogens is 191 g/mol. The number of aryl methyl sites for hydroxylation is 1. The van der Waals surface area contributed by atoms with E-state index in [0.717, 1.165) is 13.0 Å². The Kier molecular flexibility index (Phi) is 2.65. The fraction of sp³-hybridized carbons (Fsp3) is 0.500. The van der Waals surface area contributed by atoms with E-state index >= 15 is 0 Å². The van der Waals surface area contributed by atoms with Gasteiger partial charge in [0.25, 0.3) is 0 Å². The highest BCUT2D eigenvalue weighted by molar-refractivity contribution is 5.54. The quantitative estimate of drug-likeness (QED) is 0.804. The lowest BCUT2D eigenvalue weighted by Crippen LogP contribution is -2.44. The zero-order chi connectivity index (χ0) is 10.9. The Labute approximate surface area is 89.9 Å². The van der Waals surface area contributed by atoms with E-state index in [0.29, 0.717) is 6.54 Å². The van der Waals surface area contributed by atoms with Crippen molar-refractivity contribution in [2.75, 3.05) is 24.7 Å². The van der Waals surface area contributed by atoms with E-state index < -0.39 is 12.2 Å². The van der Waals surface area contributed by atoms with Crippen LogP contribution in [0.5, 0.6) is 0 Å². The fourth-order valence-electron chi connectivity index (χ4n) is 2.13. The smallest absolute Gasteiger partial charge is 0.109 e. The lowest BCUT2D eigenvalue weighted by atomic mass is 10.0. The van der Waals surface area contributed by atoms with E-state index in [9.17, 15) is 4.39 Å². The first kappa shape index (κ1) is 10.4. The summed E-state index contributed by atoms with van der Waals surface area (Å²) < 4.78 is 12.7. The topological polar surface area (TPSA) is 29.3 Å². The third-order valence-corrected chi connectivity index (χ3v) is 3.11. The Bertz CT molecular complexity index is 353. The molecule has 1 aromatic carbocycles. The van der Waals surface area contributed by atoms with E-state index in [1.54, 1.807) is 0 Å². The summed E-state index contributed by atoms with van der Waals surface area (Å²) in [5.74, 6) is 0. The van der Waals surface area contributed by atoms with Crippen molar-refractivity contribution in [3.8, 4) is 0 Å². The average molecular weight is 208 g/mol. The van der Waals surface area contributed by atoms with Crippen molar-refractivity contribution in [3.63, 3.8) is 0 Å². The van der Waals surface area contributed by atoms with Crippen molar-refractivity contribution in [2.24, 2.45) is 5.73 Å². The first-order chi connectivity index (χ1) is 7.14. The first-order valence-electron chi connectivity index (χ1n) is 5.30. The van der Waals surface area contributed by atoms with Crippen molar-refractivity contribution in [3.05, 3.63) is 29.8 Å². The molecule has 2 rings (SSSR count). The molecule has 0 bridgehead atoms. The second kappa shape index (κ2) is 3.81. The van der Waals surface area contributed by atoms with Gasteiger partial charge < -0.3 is 10.6 Å². The molecule has 1 aromatic rings. The number of anilines is 1. The van der Waals surface area contributed by atoms with Crippen LogP contribution in [0.1, 0.15) is 12.0 Å². The molecule has 1 aliphatic rings. The van der Waals surface area contributed by atoms with Gasteiger partial charge in [-0.25, -0.2) is 4.39 Å². The van der Waals surface area contributed by atoms with Crippen molar-refractivity contribution >= 4 is 5.69 Å². The van der Waals surface area contributed by atoms with Crippen molar-refractivity contribution in [1.82, 2.24) is 0 Å². The summed E-state index contributed by atoms with van der Waals surface area (Å²) >= 11 is 0. The summed E-state index contributed by atoms with van der Waals surface area (Å²) in [5.41, 5.74) is 7.68. The Balaban J connectivity index is 2.18. The normalized spacial score (nSPS) is 25.9. The number of nitrogens with two attached hydrogens (primary N) is 1. The standard InChI is InChI=1S/C12H17FN2/c1-10-4-2-3-5-11(10)15-7-6-12(14,8-13)9-15/h2-5H,6-9,14H2,1H3. The molecule has 1 heterocycles. The molecule has 2 nitrogen and oxygen atoms in total. The molecule has 1 fully saturated rings. The molecule has 2 N–H and O–H groups in total. The first-order valence-corrected chi connectivity index (χ1v) is 5.30. The van der Waals surface area contributed by atoms with E-state index in [1.807, 2.05) is 12.1 Å². The largest absolute Gasteiger partial charge is 0.369 e. The van der Waals surface area contributed by atoms with Gasteiger partial charge in [0.1, 0.15) is 6.67 Å². The van der Waals surface area contributed by atoms with Crippen LogP contribution in [0, 0.1) is 6.92 Å². The van der Waals surface area contributed by atoms with Gasteiger partial charge in [0, 0.05) is 18.8 Å². The summed E-state index contributed by atoms with van der Waals surface area (Å²) in [7, 11) is 0. The third-order valence-electron chi connectivity index (χ3n) is 3.11. The number of benzene rings is 1. The summed E-state index contributed by atoms with van der Waals surface area (Å²) in [6, 6.07) is 8.16. The summed E-state index contributed by atoms with van der Waals surface area (Å²) in [6.45, 7) is 3.11. The second-order valence-electron chi connectivity index (χ2n) is 4.45. The number of halogens is 1. The zero-order valence-electron chi connectivity index (χ0n) is 9.04. The third kappa shape index (κ3) is 1.97. The number of alkyl halides is 1. The van der Waals surface area contributed by atoms with Gasteiger partial charge in [-0.15, -0.1) is 0 Å². The molecule has 1 saturated heterocycles. The molecule has 15 heavy (non-hydrogen) atoms. The second-order valence-corrected chi connectivity index (χ2v) is 4.45. The predicted molar refractivity (Wildman–Crippen MR) is 60.9 cm³/mol. The average Bonchev–Trinajstić information content (AvgIpc) is 2.63. The Morgan fingerprint density at radius 3 is 2.80 bits per heavy atom. The molecule has 0 saturated carbocycles. The molecule has 0 aliphatic carbocycles. The minimum absolute atomic E-state index is 0.435. The fourth-order valence-corrected chi connectivity index (χ4v) is 2.13. The van der Waals surface area contributed by atoms with E-state index in [4.69, 9.17) is 5.73 Å². The van der Waals surface area contributed by atoms with Crippen LogP contribution in [-0.4, -0.2) is 25.3 Å². The van der Waals surface area contributed by atoms with Gasteiger partial charge in [-0.1, -0.05) is 18.2 Å². The molecule has 0 aromatic heterocycles. The molecule has 0 radical (unpaired) electrons. The van der Waals surface area contributed by atoms with E-state index in [-0.39, 0.29) is 0 Å².